The standard InChI is InChI=1S/C17H23NOS/c1-4-13-7-9-14(10-8-13)19-17(15(18)5-2)16-11-6-12(3)20-16/h6-11,15,17H,4-5,18H2,1-3H3. The van der Waals surface area contributed by atoms with Gasteiger partial charge in [-0.05, 0) is 49.6 Å². The highest BCUT2D eigenvalue weighted by atomic mass is 32.1. The molecule has 0 saturated heterocycles. The highest BCUT2D eigenvalue weighted by Crippen LogP contribution is 2.30. The molecule has 20 heavy (non-hydrogen) atoms. The number of benzene rings is 1. The summed E-state index contributed by atoms with van der Waals surface area (Å²) in [7, 11) is 0. The normalized spacial score (nSPS) is 14.0. The maximum Gasteiger partial charge on any atom is 0.148 e. The van der Waals surface area contributed by atoms with Crippen molar-refractivity contribution in [2.45, 2.75) is 45.8 Å². The first-order chi connectivity index (χ1) is 9.63. The summed E-state index contributed by atoms with van der Waals surface area (Å²) in [5.74, 6) is 0.891. The average Bonchev–Trinajstić information content (AvgIpc) is 2.91. The fraction of sp³-hybridized carbons (Fsp3) is 0.412. The van der Waals surface area contributed by atoms with Gasteiger partial charge in [0.25, 0.3) is 0 Å². The van der Waals surface area contributed by atoms with Crippen molar-refractivity contribution in [2.24, 2.45) is 5.73 Å². The molecular weight excluding hydrogens is 266 g/mol. The number of hydrogen-bond donors (Lipinski definition) is 1. The minimum atomic E-state index is -0.0637. The molecule has 0 fully saturated rings. The summed E-state index contributed by atoms with van der Waals surface area (Å²) < 4.78 is 6.15. The minimum Gasteiger partial charge on any atom is -0.483 e. The molecular formula is C17H23NOS. The average molecular weight is 289 g/mol. The van der Waals surface area contributed by atoms with Gasteiger partial charge in [-0.3, -0.25) is 0 Å². The Morgan fingerprint density at radius 1 is 1.10 bits per heavy atom. The first kappa shape index (κ1) is 15.1. The second-order valence-corrected chi connectivity index (χ2v) is 6.38. The summed E-state index contributed by atoms with van der Waals surface area (Å²) in [6.07, 6.45) is 1.88. The van der Waals surface area contributed by atoms with Crippen molar-refractivity contribution in [2.75, 3.05) is 0 Å². The van der Waals surface area contributed by atoms with E-state index in [2.05, 4.69) is 45.0 Å². The first-order valence-electron chi connectivity index (χ1n) is 7.21. The van der Waals surface area contributed by atoms with Crippen molar-refractivity contribution >= 4 is 11.3 Å². The van der Waals surface area contributed by atoms with Crippen LogP contribution in [0.15, 0.2) is 36.4 Å². The van der Waals surface area contributed by atoms with Crippen molar-refractivity contribution in [1.29, 1.82) is 0 Å². The number of rotatable bonds is 6. The third-order valence-corrected chi connectivity index (χ3v) is 4.56. The van der Waals surface area contributed by atoms with E-state index in [0.29, 0.717) is 0 Å². The first-order valence-corrected chi connectivity index (χ1v) is 8.03. The van der Waals surface area contributed by atoms with Gasteiger partial charge in [0.2, 0.25) is 0 Å². The molecule has 2 nitrogen and oxygen atoms in total. The van der Waals surface area contributed by atoms with Gasteiger partial charge >= 0.3 is 0 Å². The van der Waals surface area contributed by atoms with Crippen LogP contribution < -0.4 is 10.5 Å². The van der Waals surface area contributed by atoms with Crippen LogP contribution >= 0.6 is 11.3 Å². The highest BCUT2D eigenvalue weighted by molar-refractivity contribution is 7.12. The van der Waals surface area contributed by atoms with Crippen LogP contribution in [0, 0.1) is 6.92 Å². The maximum absolute atomic E-state index is 6.24. The quantitative estimate of drug-likeness (QED) is 0.851. The summed E-state index contributed by atoms with van der Waals surface area (Å²) in [4.78, 5) is 2.50. The monoisotopic (exact) mass is 289 g/mol. The van der Waals surface area contributed by atoms with Crippen molar-refractivity contribution < 1.29 is 4.74 Å². The molecule has 0 spiro atoms. The Hall–Kier alpha value is -1.32. The summed E-state index contributed by atoms with van der Waals surface area (Å²) in [5, 5.41) is 0. The Kier molecular flexibility index (Phi) is 5.21. The van der Waals surface area contributed by atoms with E-state index in [9.17, 15) is 0 Å². The molecule has 2 N–H and O–H groups in total. The lowest BCUT2D eigenvalue weighted by molar-refractivity contribution is 0.174. The van der Waals surface area contributed by atoms with E-state index < -0.39 is 0 Å². The molecule has 1 aromatic heterocycles. The minimum absolute atomic E-state index is 0.0129. The predicted octanol–water partition coefficient (Wildman–Crippen LogP) is 4.48. The van der Waals surface area contributed by atoms with Gasteiger partial charge in [0.15, 0.2) is 0 Å². The van der Waals surface area contributed by atoms with Gasteiger partial charge in [-0.25, -0.2) is 0 Å². The van der Waals surface area contributed by atoms with Crippen LogP contribution in [0.3, 0.4) is 0 Å². The van der Waals surface area contributed by atoms with E-state index >= 15 is 0 Å². The molecule has 0 aliphatic carbocycles. The fourth-order valence-corrected chi connectivity index (χ4v) is 3.11. The van der Waals surface area contributed by atoms with Crippen LogP contribution in [0.5, 0.6) is 5.75 Å². The lowest BCUT2D eigenvalue weighted by atomic mass is 10.1. The van der Waals surface area contributed by atoms with E-state index in [1.165, 1.54) is 15.3 Å². The van der Waals surface area contributed by atoms with Gasteiger partial charge in [-0.2, -0.15) is 0 Å². The van der Waals surface area contributed by atoms with Gasteiger partial charge < -0.3 is 10.5 Å². The largest absolute Gasteiger partial charge is 0.483 e. The molecule has 2 atom stereocenters. The van der Waals surface area contributed by atoms with Gasteiger partial charge in [0.1, 0.15) is 11.9 Å². The Balaban J connectivity index is 2.18. The Labute approximate surface area is 125 Å². The number of ether oxygens (including phenoxy) is 1. The molecule has 0 bridgehead atoms. The number of aryl methyl sites for hydroxylation is 2. The van der Waals surface area contributed by atoms with Crippen LogP contribution in [0.1, 0.15) is 41.7 Å². The maximum atomic E-state index is 6.24. The lowest BCUT2D eigenvalue weighted by Crippen LogP contribution is -2.30. The summed E-state index contributed by atoms with van der Waals surface area (Å²) >= 11 is 1.76. The van der Waals surface area contributed by atoms with E-state index in [1.807, 2.05) is 12.1 Å². The summed E-state index contributed by atoms with van der Waals surface area (Å²) in [6.45, 7) is 6.36. The summed E-state index contributed by atoms with van der Waals surface area (Å²) in [6, 6.07) is 12.6. The molecule has 0 amide bonds. The fourth-order valence-electron chi connectivity index (χ4n) is 2.13. The van der Waals surface area contributed by atoms with Crippen molar-refractivity contribution in [1.82, 2.24) is 0 Å². The third-order valence-electron chi connectivity index (χ3n) is 3.50. The SMILES string of the molecule is CCc1ccc(OC(c2ccc(C)s2)C(N)CC)cc1. The number of thiophene rings is 1. The van der Waals surface area contributed by atoms with E-state index in [-0.39, 0.29) is 12.1 Å². The second-order valence-electron chi connectivity index (χ2n) is 5.06. The lowest BCUT2D eigenvalue weighted by Gasteiger charge is -2.23. The molecule has 0 aliphatic heterocycles. The predicted molar refractivity (Wildman–Crippen MR) is 86.5 cm³/mol. The van der Waals surface area contributed by atoms with Crippen LogP contribution in [-0.2, 0) is 6.42 Å². The number of nitrogens with two attached hydrogens (primary N) is 1. The van der Waals surface area contributed by atoms with Gasteiger partial charge in [0.05, 0.1) is 0 Å². The van der Waals surface area contributed by atoms with Crippen molar-refractivity contribution in [3.05, 3.63) is 51.7 Å². The zero-order valence-electron chi connectivity index (χ0n) is 12.4. The topological polar surface area (TPSA) is 35.2 Å². The zero-order valence-corrected chi connectivity index (χ0v) is 13.2. The molecule has 2 rings (SSSR count). The molecule has 0 radical (unpaired) electrons. The molecule has 2 aromatic rings. The van der Waals surface area contributed by atoms with Crippen molar-refractivity contribution in [3.8, 4) is 5.75 Å². The van der Waals surface area contributed by atoms with Crippen LogP contribution in [-0.4, -0.2) is 6.04 Å². The van der Waals surface area contributed by atoms with E-state index in [1.54, 1.807) is 11.3 Å². The van der Waals surface area contributed by atoms with Crippen LogP contribution in [0.4, 0.5) is 0 Å². The van der Waals surface area contributed by atoms with Gasteiger partial charge in [-0.1, -0.05) is 26.0 Å². The van der Waals surface area contributed by atoms with Gasteiger partial charge in [0, 0.05) is 15.8 Å². The highest BCUT2D eigenvalue weighted by Gasteiger charge is 2.22. The molecule has 1 aromatic carbocycles. The van der Waals surface area contributed by atoms with Crippen molar-refractivity contribution in [3.63, 3.8) is 0 Å². The molecule has 1 heterocycles. The van der Waals surface area contributed by atoms with E-state index in [4.69, 9.17) is 10.5 Å². The number of hydrogen-bond acceptors (Lipinski definition) is 3. The van der Waals surface area contributed by atoms with Crippen LogP contribution in [0.2, 0.25) is 0 Å². The summed E-state index contributed by atoms with van der Waals surface area (Å²) in [5.41, 5.74) is 7.56. The molecule has 0 saturated carbocycles. The smallest absolute Gasteiger partial charge is 0.148 e. The second kappa shape index (κ2) is 6.91. The Morgan fingerprint density at radius 2 is 1.80 bits per heavy atom. The van der Waals surface area contributed by atoms with E-state index in [0.717, 1.165) is 18.6 Å². The van der Waals surface area contributed by atoms with Gasteiger partial charge in [-0.15, -0.1) is 11.3 Å². The molecule has 2 unspecified atom stereocenters. The molecule has 3 heteroatoms. The third kappa shape index (κ3) is 3.62. The Morgan fingerprint density at radius 3 is 2.30 bits per heavy atom. The molecule has 0 aliphatic rings. The Bertz CT molecular complexity index is 532. The molecule has 108 valence electrons. The van der Waals surface area contributed by atoms with Crippen LogP contribution in [0.25, 0.3) is 0 Å². The zero-order chi connectivity index (χ0) is 14.5.